The highest BCUT2D eigenvalue weighted by Gasteiger charge is 2.18. The Kier molecular flexibility index (Phi) is 6.09. The molecular weight excluding hydrogens is 336 g/mol. The number of rotatable bonds is 7. The summed E-state index contributed by atoms with van der Waals surface area (Å²) in [6.07, 6.45) is 3.26. The van der Waals surface area contributed by atoms with Crippen molar-refractivity contribution in [3.8, 4) is 0 Å². The summed E-state index contributed by atoms with van der Waals surface area (Å²) in [5.74, 6) is 1.73. The van der Waals surface area contributed by atoms with Crippen LogP contribution in [-0.2, 0) is 18.2 Å². The fourth-order valence-electron chi connectivity index (χ4n) is 2.73. The Morgan fingerprint density at radius 2 is 2.16 bits per heavy atom. The van der Waals surface area contributed by atoms with Gasteiger partial charge in [-0.1, -0.05) is 29.5 Å². The highest BCUT2D eigenvalue weighted by molar-refractivity contribution is 7.99. The van der Waals surface area contributed by atoms with E-state index < -0.39 is 0 Å². The number of nitrogens with zero attached hydrogens (tertiary/aromatic N) is 3. The first-order valence-corrected chi connectivity index (χ1v) is 9.59. The average Bonchev–Trinajstić information content (AvgIpc) is 3.24. The summed E-state index contributed by atoms with van der Waals surface area (Å²) in [5.41, 5.74) is 1.82. The molecule has 2 heterocycles. The van der Waals surface area contributed by atoms with E-state index in [1.165, 1.54) is 0 Å². The van der Waals surface area contributed by atoms with Gasteiger partial charge in [0.1, 0.15) is 5.82 Å². The summed E-state index contributed by atoms with van der Waals surface area (Å²) < 4.78 is 7.63. The molecule has 1 aromatic carbocycles. The number of aromatic nitrogens is 3. The van der Waals surface area contributed by atoms with Gasteiger partial charge in [0, 0.05) is 37.9 Å². The summed E-state index contributed by atoms with van der Waals surface area (Å²) in [6, 6.07) is 7.56. The molecular formula is C18H24N4O2S. The second kappa shape index (κ2) is 8.49. The molecule has 0 bridgehead atoms. The molecule has 3 rings (SSSR count). The van der Waals surface area contributed by atoms with Crippen LogP contribution in [0.3, 0.4) is 0 Å². The van der Waals surface area contributed by atoms with Crippen LogP contribution in [0.15, 0.2) is 29.4 Å². The zero-order valence-electron chi connectivity index (χ0n) is 14.7. The number of hydrogen-bond donors (Lipinski definition) is 1. The van der Waals surface area contributed by atoms with Crippen LogP contribution in [0.1, 0.15) is 34.6 Å². The van der Waals surface area contributed by atoms with Crippen LogP contribution in [0.25, 0.3) is 0 Å². The lowest BCUT2D eigenvalue weighted by Crippen LogP contribution is -2.26. The first-order valence-electron chi connectivity index (χ1n) is 8.61. The molecule has 0 spiro atoms. The fourth-order valence-corrected chi connectivity index (χ4v) is 3.72. The van der Waals surface area contributed by atoms with E-state index in [4.69, 9.17) is 4.74 Å². The first kappa shape index (κ1) is 17.9. The maximum Gasteiger partial charge on any atom is 0.251 e. The van der Waals surface area contributed by atoms with Gasteiger partial charge in [-0.3, -0.25) is 4.79 Å². The zero-order chi connectivity index (χ0) is 17.6. The van der Waals surface area contributed by atoms with Gasteiger partial charge in [-0.15, -0.1) is 10.2 Å². The zero-order valence-corrected chi connectivity index (χ0v) is 15.5. The van der Waals surface area contributed by atoms with Gasteiger partial charge in [-0.05, 0) is 31.9 Å². The van der Waals surface area contributed by atoms with Crippen molar-refractivity contribution in [2.24, 2.45) is 7.05 Å². The lowest BCUT2D eigenvalue weighted by Gasteiger charge is -2.08. The molecule has 1 aliphatic heterocycles. The van der Waals surface area contributed by atoms with E-state index in [9.17, 15) is 4.79 Å². The molecule has 1 unspecified atom stereocenters. The van der Waals surface area contributed by atoms with E-state index in [1.807, 2.05) is 42.8 Å². The molecule has 6 nitrogen and oxygen atoms in total. The number of thioether (sulfide) groups is 1. The Balaban J connectivity index is 1.46. The SMILES string of the molecule is Cc1ccc(C(=O)NCCc2nnc(SCC3CCCO3)n2C)cc1. The molecule has 0 radical (unpaired) electrons. The third kappa shape index (κ3) is 4.83. The maximum absolute atomic E-state index is 12.1. The number of carbonyl (C=O) groups excluding carboxylic acids is 1. The Morgan fingerprint density at radius 1 is 1.36 bits per heavy atom. The van der Waals surface area contributed by atoms with Gasteiger partial charge >= 0.3 is 0 Å². The number of hydrogen-bond acceptors (Lipinski definition) is 5. The third-order valence-electron chi connectivity index (χ3n) is 4.30. The second-order valence-electron chi connectivity index (χ2n) is 6.28. The van der Waals surface area contributed by atoms with E-state index in [-0.39, 0.29) is 5.91 Å². The number of nitrogens with one attached hydrogen (secondary N) is 1. The van der Waals surface area contributed by atoms with Gasteiger partial charge in [-0.25, -0.2) is 0 Å². The van der Waals surface area contributed by atoms with E-state index in [0.717, 1.165) is 41.7 Å². The molecule has 25 heavy (non-hydrogen) atoms. The Bertz CT molecular complexity index is 708. The number of aryl methyl sites for hydroxylation is 1. The molecule has 1 atom stereocenters. The van der Waals surface area contributed by atoms with E-state index in [2.05, 4.69) is 15.5 Å². The summed E-state index contributed by atoms with van der Waals surface area (Å²) in [7, 11) is 1.97. The minimum absolute atomic E-state index is 0.0600. The van der Waals surface area contributed by atoms with Crippen LogP contribution in [0.5, 0.6) is 0 Å². The number of ether oxygens (including phenoxy) is 1. The Labute approximate surface area is 152 Å². The summed E-state index contributed by atoms with van der Waals surface area (Å²) in [5, 5.41) is 12.3. The van der Waals surface area contributed by atoms with Gasteiger partial charge in [0.2, 0.25) is 0 Å². The molecule has 0 aliphatic carbocycles. The van der Waals surface area contributed by atoms with Crippen molar-refractivity contribution in [1.29, 1.82) is 0 Å². The minimum atomic E-state index is -0.0600. The van der Waals surface area contributed by atoms with Crippen LogP contribution in [-0.4, -0.2) is 45.7 Å². The number of carbonyl (C=O) groups is 1. The van der Waals surface area contributed by atoms with Gasteiger partial charge in [-0.2, -0.15) is 0 Å². The van der Waals surface area contributed by atoms with Crippen LogP contribution >= 0.6 is 11.8 Å². The smallest absolute Gasteiger partial charge is 0.251 e. The molecule has 134 valence electrons. The van der Waals surface area contributed by atoms with Crippen LogP contribution in [0.2, 0.25) is 0 Å². The van der Waals surface area contributed by atoms with Gasteiger partial charge in [0.05, 0.1) is 6.10 Å². The monoisotopic (exact) mass is 360 g/mol. The van der Waals surface area contributed by atoms with Gasteiger partial charge in [0.15, 0.2) is 5.16 Å². The maximum atomic E-state index is 12.1. The summed E-state index contributed by atoms with van der Waals surface area (Å²) in [6.45, 7) is 3.41. The third-order valence-corrected chi connectivity index (χ3v) is 5.45. The van der Waals surface area contributed by atoms with E-state index in [1.54, 1.807) is 11.8 Å². The fraction of sp³-hybridized carbons (Fsp3) is 0.500. The van der Waals surface area contributed by atoms with Crippen molar-refractivity contribution in [3.63, 3.8) is 0 Å². The quantitative estimate of drug-likeness (QED) is 0.768. The van der Waals surface area contributed by atoms with Crippen molar-refractivity contribution < 1.29 is 9.53 Å². The molecule has 2 aromatic rings. The van der Waals surface area contributed by atoms with Crippen molar-refractivity contribution >= 4 is 17.7 Å². The van der Waals surface area contributed by atoms with Crippen molar-refractivity contribution in [2.75, 3.05) is 18.9 Å². The van der Waals surface area contributed by atoms with Crippen molar-refractivity contribution in [3.05, 3.63) is 41.2 Å². The van der Waals surface area contributed by atoms with Crippen LogP contribution in [0, 0.1) is 6.92 Å². The van der Waals surface area contributed by atoms with Gasteiger partial charge < -0.3 is 14.6 Å². The molecule has 1 N–H and O–H groups in total. The normalized spacial score (nSPS) is 17.0. The molecule has 1 fully saturated rings. The van der Waals surface area contributed by atoms with Crippen LogP contribution in [0.4, 0.5) is 0 Å². The molecule has 7 heteroatoms. The summed E-state index contributed by atoms with van der Waals surface area (Å²) >= 11 is 1.68. The van der Waals surface area contributed by atoms with Crippen LogP contribution < -0.4 is 5.32 Å². The van der Waals surface area contributed by atoms with E-state index in [0.29, 0.717) is 24.6 Å². The minimum Gasteiger partial charge on any atom is -0.377 e. The summed E-state index contributed by atoms with van der Waals surface area (Å²) in [4.78, 5) is 12.1. The number of benzene rings is 1. The highest BCUT2D eigenvalue weighted by Crippen LogP contribution is 2.22. The molecule has 1 saturated heterocycles. The van der Waals surface area contributed by atoms with Crippen molar-refractivity contribution in [2.45, 2.75) is 37.4 Å². The predicted octanol–water partition coefficient (Wildman–Crippen LogP) is 2.37. The van der Waals surface area contributed by atoms with Crippen molar-refractivity contribution in [1.82, 2.24) is 20.1 Å². The lowest BCUT2D eigenvalue weighted by molar-refractivity contribution is 0.0954. The largest absolute Gasteiger partial charge is 0.377 e. The lowest BCUT2D eigenvalue weighted by atomic mass is 10.1. The molecule has 1 aliphatic rings. The molecule has 1 aromatic heterocycles. The average molecular weight is 360 g/mol. The van der Waals surface area contributed by atoms with Gasteiger partial charge in [0.25, 0.3) is 5.91 Å². The Morgan fingerprint density at radius 3 is 2.88 bits per heavy atom. The molecule has 1 amide bonds. The highest BCUT2D eigenvalue weighted by atomic mass is 32.2. The molecule has 0 saturated carbocycles. The number of amides is 1. The predicted molar refractivity (Wildman–Crippen MR) is 97.9 cm³/mol. The Hall–Kier alpha value is -1.86. The van der Waals surface area contributed by atoms with E-state index >= 15 is 0 Å². The first-order chi connectivity index (χ1) is 12.1. The standard InChI is InChI=1S/C18H24N4O2S/c1-13-5-7-14(8-6-13)17(23)19-10-9-16-20-21-18(22(16)2)25-12-15-4-3-11-24-15/h5-8,15H,3-4,9-12H2,1-2H3,(H,19,23). The topological polar surface area (TPSA) is 69.0 Å². The second-order valence-corrected chi connectivity index (χ2v) is 7.26.